The number of para-hydroxylation sites is 2. The second-order valence-electron chi connectivity index (χ2n) is 4.43. The van der Waals surface area contributed by atoms with Crippen molar-refractivity contribution in [2.24, 2.45) is 0 Å². The molecule has 0 aliphatic rings. The van der Waals surface area contributed by atoms with Gasteiger partial charge in [0, 0.05) is 5.69 Å². The van der Waals surface area contributed by atoms with Crippen LogP contribution in [0.4, 0.5) is 5.69 Å². The molecule has 104 valence electrons. The summed E-state index contributed by atoms with van der Waals surface area (Å²) < 4.78 is 5.19. The van der Waals surface area contributed by atoms with E-state index < -0.39 is 5.63 Å². The summed E-state index contributed by atoms with van der Waals surface area (Å²) in [5, 5.41) is 13.7. The third-order valence-electron chi connectivity index (χ3n) is 3.04. The molecule has 1 aromatic heterocycles. The fourth-order valence-corrected chi connectivity index (χ4v) is 2.35. The molecule has 0 saturated heterocycles. The molecule has 0 aliphatic heterocycles. The van der Waals surface area contributed by atoms with Crippen molar-refractivity contribution in [2.75, 3.05) is 5.32 Å². The molecule has 2 N–H and O–H groups in total. The number of rotatable bonds is 2. The van der Waals surface area contributed by atoms with Gasteiger partial charge in [0.15, 0.2) is 0 Å². The van der Waals surface area contributed by atoms with Crippen LogP contribution in [0.5, 0.6) is 5.75 Å². The van der Waals surface area contributed by atoms with E-state index >= 15 is 0 Å². The van der Waals surface area contributed by atoms with E-state index in [2.05, 4.69) is 5.32 Å². The third-order valence-corrected chi connectivity index (χ3v) is 3.35. The van der Waals surface area contributed by atoms with E-state index in [-0.39, 0.29) is 16.3 Å². The van der Waals surface area contributed by atoms with Crippen molar-refractivity contribution in [3.63, 3.8) is 0 Å². The second-order valence-corrected chi connectivity index (χ2v) is 4.84. The summed E-state index contributed by atoms with van der Waals surface area (Å²) in [7, 11) is 0. The Bertz CT molecular complexity index is 872. The van der Waals surface area contributed by atoms with Crippen LogP contribution in [0.15, 0.2) is 63.8 Å². The van der Waals surface area contributed by atoms with Gasteiger partial charge in [-0.2, -0.15) is 0 Å². The van der Waals surface area contributed by atoms with Crippen molar-refractivity contribution < 1.29 is 9.52 Å². The average molecular weight is 297 g/mol. The van der Waals surface area contributed by atoms with Gasteiger partial charge in [-0.05, 0) is 24.3 Å². The fourth-order valence-electron chi connectivity index (χ4n) is 2.05. The summed E-state index contributed by atoms with van der Waals surface area (Å²) >= 11 is 5.21. The van der Waals surface area contributed by atoms with Gasteiger partial charge >= 0.3 is 5.63 Å². The standard InChI is InChI=1S/C16H11NO3S/c18-14-11-8-4-5-9-12(11)20-16(19)13(14)15(21)17-10-6-2-1-3-7-10/h1-9,18H,(H,17,21). The molecule has 0 radical (unpaired) electrons. The van der Waals surface area contributed by atoms with Gasteiger partial charge in [-0.3, -0.25) is 0 Å². The van der Waals surface area contributed by atoms with Gasteiger partial charge in [-0.15, -0.1) is 0 Å². The number of nitrogens with one attached hydrogen (secondary N) is 1. The van der Waals surface area contributed by atoms with Crippen molar-refractivity contribution in [3.8, 4) is 5.75 Å². The highest BCUT2D eigenvalue weighted by Gasteiger charge is 2.17. The minimum Gasteiger partial charge on any atom is -0.506 e. The molecule has 0 atom stereocenters. The van der Waals surface area contributed by atoms with Crippen molar-refractivity contribution in [1.82, 2.24) is 0 Å². The van der Waals surface area contributed by atoms with E-state index in [0.717, 1.165) is 5.69 Å². The minimum absolute atomic E-state index is 0.0347. The number of hydrogen-bond acceptors (Lipinski definition) is 4. The van der Waals surface area contributed by atoms with Gasteiger partial charge in [-0.1, -0.05) is 42.5 Å². The third kappa shape index (κ3) is 2.51. The summed E-state index contributed by atoms with van der Waals surface area (Å²) in [6.45, 7) is 0. The van der Waals surface area contributed by atoms with Crippen LogP contribution in [-0.2, 0) is 0 Å². The Kier molecular flexibility index (Phi) is 3.41. The van der Waals surface area contributed by atoms with E-state index in [4.69, 9.17) is 16.6 Å². The number of anilines is 1. The summed E-state index contributed by atoms with van der Waals surface area (Å²) in [5.41, 5.74) is 0.355. The van der Waals surface area contributed by atoms with E-state index in [0.29, 0.717) is 11.0 Å². The van der Waals surface area contributed by atoms with Crippen LogP contribution < -0.4 is 10.9 Å². The summed E-state index contributed by atoms with van der Waals surface area (Å²) in [4.78, 5) is 12.2. The average Bonchev–Trinajstić information content (AvgIpc) is 2.48. The maximum Gasteiger partial charge on any atom is 0.350 e. The van der Waals surface area contributed by atoms with Crippen molar-refractivity contribution in [1.29, 1.82) is 0 Å². The van der Waals surface area contributed by atoms with Crippen LogP contribution in [-0.4, -0.2) is 10.1 Å². The first-order chi connectivity index (χ1) is 10.2. The van der Waals surface area contributed by atoms with Crippen LogP contribution >= 0.6 is 12.2 Å². The maximum absolute atomic E-state index is 12.0. The van der Waals surface area contributed by atoms with Gasteiger partial charge in [0.2, 0.25) is 0 Å². The summed E-state index contributed by atoms with van der Waals surface area (Å²) in [6, 6.07) is 15.9. The predicted molar refractivity (Wildman–Crippen MR) is 85.9 cm³/mol. The van der Waals surface area contributed by atoms with Gasteiger partial charge in [0.1, 0.15) is 21.9 Å². The fraction of sp³-hybridized carbons (Fsp3) is 0. The topological polar surface area (TPSA) is 62.5 Å². The second kappa shape index (κ2) is 5.38. The van der Waals surface area contributed by atoms with E-state index in [1.807, 2.05) is 30.3 Å². The first-order valence-corrected chi connectivity index (χ1v) is 6.69. The van der Waals surface area contributed by atoms with Crippen molar-refractivity contribution >= 4 is 33.9 Å². The van der Waals surface area contributed by atoms with E-state index in [1.165, 1.54) is 0 Å². The molecule has 0 aliphatic carbocycles. The molecule has 1 heterocycles. The molecule has 2 aromatic carbocycles. The maximum atomic E-state index is 12.0. The zero-order valence-corrected chi connectivity index (χ0v) is 11.7. The highest BCUT2D eigenvalue weighted by molar-refractivity contribution is 7.81. The predicted octanol–water partition coefficient (Wildman–Crippen LogP) is 3.29. The molecule has 3 rings (SSSR count). The van der Waals surface area contributed by atoms with Crippen LogP contribution in [0.3, 0.4) is 0 Å². The summed E-state index contributed by atoms with van der Waals surface area (Å²) in [6.07, 6.45) is 0. The van der Waals surface area contributed by atoms with Crippen LogP contribution in [0.25, 0.3) is 11.0 Å². The Morgan fingerprint density at radius 2 is 1.71 bits per heavy atom. The zero-order chi connectivity index (χ0) is 14.8. The number of aromatic hydroxyl groups is 1. The van der Waals surface area contributed by atoms with Crippen molar-refractivity contribution in [2.45, 2.75) is 0 Å². The minimum atomic E-state index is -0.667. The van der Waals surface area contributed by atoms with Gasteiger partial charge in [-0.25, -0.2) is 4.79 Å². The normalized spacial score (nSPS) is 10.5. The Morgan fingerprint density at radius 1 is 1.05 bits per heavy atom. The molecule has 0 fully saturated rings. The molecule has 5 heteroatoms. The SMILES string of the molecule is O=c1oc2ccccc2c(O)c1C(=S)Nc1ccccc1. The molecule has 0 amide bonds. The van der Waals surface area contributed by atoms with Gasteiger partial charge in [0.05, 0.1) is 5.39 Å². The molecular weight excluding hydrogens is 286 g/mol. The Balaban J connectivity index is 2.08. The number of benzene rings is 2. The van der Waals surface area contributed by atoms with Crippen LogP contribution in [0.1, 0.15) is 5.56 Å². The molecule has 0 saturated carbocycles. The van der Waals surface area contributed by atoms with Crippen LogP contribution in [0, 0.1) is 0 Å². The van der Waals surface area contributed by atoms with Crippen molar-refractivity contribution in [3.05, 3.63) is 70.6 Å². The first kappa shape index (κ1) is 13.3. The zero-order valence-electron chi connectivity index (χ0n) is 10.9. The molecule has 0 unspecified atom stereocenters. The quantitative estimate of drug-likeness (QED) is 0.561. The van der Waals surface area contributed by atoms with Crippen LogP contribution in [0.2, 0.25) is 0 Å². The van der Waals surface area contributed by atoms with E-state index in [1.54, 1.807) is 24.3 Å². The van der Waals surface area contributed by atoms with Gasteiger partial charge < -0.3 is 14.8 Å². The molecule has 0 bridgehead atoms. The highest BCUT2D eigenvalue weighted by atomic mass is 32.1. The smallest absolute Gasteiger partial charge is 0.350 e. The lowest BCUT2D eigenvalue weighted by molar-refractivity contribution is 0.466. The number of thiocarbonyl (C=S) groups is 1. The van der Waals surface area contributed by atoms with Gasteiger partial charge in [0.25, 0.3) is 0 Å². The monoisotopic (exact) mass is 297 g/mol. The molecule has 4 nitrogen and oxygen atoms in total. The molecule has 3 aromatic rings. The molecule has 0 spiro atoms. The molecule has 21 heavy (non-hydrogen) atoms. The lowest BCUT2D eigenvalue weighted by Crippen LogP contribution is -2.20. The number of fused-ring (bicyclic) bond motifs is 1. The largest absolute Gasteiger partial charge is 0.506 e. The van der Waals surface area contributed by atoms with E-state index in [9.17, 15) is 9.90 Å². The number of hydrogen-bond donors (Lipinski definition) is 2. The lowest BCUT2D eigenvalue weighted by atomic mass is 10.1. The Morgan fingerprint density at radius 3 is 2.48 bits per heavy atom. The summed E-state index contributed by atoms with van der Waals surface area (Å²) in [5.74, 6) is -0.171. The Hall–Kier alpha value is -2.66. The highest BCUT2D eigenvalue weighted by Crippen LogP contribution is 2.26. The Labute approximate surface area is 125 Å². The lowest BCUT2D eigenvalue weighted by Gasteiger charge is -2.09. The molecular formula is C16H11NO3S. The first-order valence-electron chi connectivity index (χ1n) is 6.28.